The van der Waals surface area contributed by atoms with Gasteiger partial charge >= 0.3 is 0 Å². The van der Waals surface area contributed by atoms with Crippen LogP contribution in [0.25, 0.3) is 6.08 Å². The molecule has 0 aliphatic heterocycles. The molecule has 1 aromatic rings. The van der Waals surface area contributed by atoms with Gasteiger partial charge in [-0.3, -0.25) is 15.5 Å². The number of hydrogen-bond acceptors (Lipinski definition) is 4. The molecule has 0 unspecified atom stereocenters. The molecular weight excluding hydrogens is 298 g/mol. The van der Waals surface area contributed by atoms with E-state index in [4.69, 9.17) is 20.6 Å². The van der Waals surface area contributed by atoms with Gasteiger partial charge < -0.3 is 20.1 Å². The van der Waals surface area contributed by atoms with Crippen LogP contribution in [0.1, 0.15) is 5.56 Å². The maximum absolute atomic E-state index is 11.8. The van der Waals surface area contributed by atoms with Crippen molar-refractivity contribution in [1.29, 1.82) is 5.41 Å². The molecule has 0 bridgehead atoms. The Morgan fingerprint density at radius 1 is 1.30 bits per heavy atom. The van der Waals surface area contributed by atoms with Crippen molar-refractivity contribution in [2.24, 2.45) is 10.7 Å². The molecule has 0 aliphatic rings. The van der Waals surface area contributed by atoms with E-state index in [1.807, 2.05) is 0 Å². The van der Waals surface area contributed by atoms with Crippen molar-refractivity contribution in [2.45, 2.75) is 0 Å². The van der Waals surface area contributed by atoms with Crippen LogP contribution in [-0.4, -0.2) is 51.0 Å². The number of hydrogen-bond donors (Lipinski definition) is 3. The Balaban J connectivity index is 2.74. The fourth-order valence-corrected chi connectivity index (χ4v) is 1.54. The highest BCUT2D eigenvalue weighted by Crippen LogP contribution is 2.27. The molecule has 0 fully saturated rings. The largest absolute Gasteiger partial charge is 0.493 e. The number of aliphatic imine (C=N–C) groups is 1. The summed E-state index contributed by atoms with van der Waals surface area (Å²) in [5, 5.41) is 9.87. The first kappa shape index (κ1) is 18.0. The smallest absolute Gasteiger partial charge is 0.250 e. The number of nitrogens with zero attached hydrogens (tertiary/aromatic N) is 2. The minimum Gasteiger partial charge on any atom is -0.493 e. The van der Waals surface area contributed by atoms with E-state index < -0.39 is 5.91 Å². The van der Waals surface area contributed by atoms with Gasteiger partial charge in [-0.25, -0.2) is 0 Å². The molecule has 0 saturated heterocycles. The van der Waals surface area contributed by atoms with Crippen LogP contribution in [0.3, 0.4) is 0 Å². The first-order valence-electron chi connectivity index (χ1n) is 6.68. The van der Waals surface area contributed by atoms with Crippen LogP contribution in [0.15, 0.2) is 29.3 Å². The van der Waals surface area contributed by atoms with Gasteiger partial charge in [0.15, 0.2) is 11.5 Å². The lowest BCUT2D eigenvalue weighted by atomic mass is 10.2. The van der Waals surface area contributed by atoms with Crippen LogP contribution in [0.5, 0.6) is 11.5 Å². The molecular formula is C15H21N5O3. The predicted octanol–water partition coefficient (Wildman–Crippen LogP) is 0.644. The zero-order chi connectivity index (χ0) is 17.4. The number of ether oxygens (including phenoxy) is 2. The maximum atomic E-state index is 11.8. The summed E-state index contributed by atoms with van der Waals surface area (Å²) in [4.78, 5) is 16.9. The number of rotatable bonds is 4. The summed E-state index contributed by atoms with van der Waals surface area (Å²) in [7, 11) is 6.39. The van der Waals surface area contributed by atoms with Crippen molar-refractivity contribution in [3.8, 4) is 11.5 Å². The molecule has 0 heterocycles. The fraction of sp³-hybridized carbons (Fsp3) is 0.267. The lowest BCUT2D eigenvalue weighted by molar-refractivity contribution is -0.115. The molecule has 23 heavy (non-hydrogen) atoms. The topological polar surface area (TPSA) is 113 Å². The Hall–Kier alpha value is -3.03. The Labute approximate surface area is 135 Å². The summed E-state index contributed by atoms with van der Waals surface area (Å²) in [6.45, 7) is 0. The van der Waals surface area contributed by atoms with Gasteiger partial charge in [0.2, 0.25) is 11.9 Å². The third-order valence-electron chi connectivity index (χ3n) is 2.74. The third-order valence-corrected chi connectivity index (χ3v) is 2.74. The highest BCUT2D eigenvalue weighted by molar-refractivity contribution is 6.06. The predicted molar refractivity (Wildman–Crippen MR) is 89.8 cm³/mol. The van der Waals surface area contributed by atoms with E-state index in [0.717, 1.165) is 5.56 Å². The summed E-state index contributed by atoms with van der Waals surface area (Å²) in [6.07, 6.45) is 2.91. The van der Waals surface area contributed by atoms with Crippen LogP contribution in [-0.2, 0) is 4.79 Å². The first-order chi connectivity index (χ1) is 10.9. The van der Waals surface area contributed by atoms with Crippen molar-refractivity contribution in [3.63, 3.8) is 0 Å². The van der Waals surface area contributed by atoms with E-state index in [2.05, 4.69) is 10.3 Å². The Morgan fingerprint density at radius 2 is 1.96 bits per heavy atom. The van der Waals surface area contributed by atoms with E-state index in [-0.39, 0.29) is 11.9 Å². The van der Waals surface area contributed by atoms with Gasteiger partial charge in [0.05, 0.1) is 14.2 Å². The van der Waals surface area contributed by atoms with Gasteiger partial charge in [0.25, 0.3) is 5.91 Å². The van der Waals surface area contributed by atoms with Gasteiger partial charge in [-0.2, -0.15) is 4.99 Å². The molecule has 124 valence electrons. The average molecular weight is 319 g/mol. The second-order valence-electron chi connectivity index (χ2n) is 4.65. The van der Waals surface area contributed by atoms with Crippen LogP contribution in [0.4, 0.5) is 0 Å². The Bertz CT molecular complexity index is 638. The van der Waals surface area contributed by atoms with Crippen LogP contribution < -0.4 is 20.5 Å². The van der Waals surface area contributed by atoms with E-state index in [0.29, 0.717) is 11.5 Å². The number of nitrogens with two attached hydrogens (primary N) is 1. The molecule has 0 saturated carbocycles. The summed E-state index contributed by atoms with van der Waals surface area (Å²) in [5.74, 6) is 0.508. The summed E-state index contributed by atoms with van der Waals surface area (Å²) in [6, 6.07) is 5.26. The number of amides is 1. The first-order valence-corrected chi connectivity index (χ1v) is 6.68. The van der Waals surface area contributed by atoms with Crippen molar-refractivity contribution in [3.05, 3.63) is 29.8 Å². The highest BCUT2D eigenvalue weighted by Gasteiger charge is 2.04. The second-order valence-corrected chi connectivity index (χ2v) is 4.65. The minimum absolute atomic E-state index is 0.0633. The van der Waals surface area contributed by atoms with Gasteiger partial charge in [-0.15, -0.1) is 0 Å². The standard InChI is InChI=1S/C15H21N5O3/c1-20(2)15(17)19-14(16)18-13(21)8-6-10-5-7-11(22-3)12(9-10)23-4/h5-9H,1-4H3,(H4,16,17,18,19,21). The maximum Gasteiger partial charge on any atom is 0.250 e. The highest BCUT2D eigenvalue weighted by atomic mass is 16.5. The molecule has 1 aromatic carbocycles. The molecule has 0 aliphatic carbocycles. The molecule has 0 aromatic heterocycles. The lowest BCUT2D eigenvalue weighted by Gasteiger charge is -2.09. The quantitative estimate of drug-likeness (QED) is 0.428. The number of carbonyl (C=O) groups is 1. The molecule has 8 heteroatoms. The van der Waals surface area contributed by atoms with E-state index in [9.17, 15) is 4.79 Å². The van der Waals surface area contributed by atoms with Crippen molar-refractivity contribution in [1.82, 2.24) is 10.2 Å². The summed E-state index contributed by atoms with van der Waals surface area (Å²) < 4.78 is 10.3. The zero-order valence-electron chi connectivity index (χ0n) is 13.6. The van der Waals surface area contributed by atoms with E-state index in [1.54, 1.807) is 45.5 Å². The number of carbonyl (C=O) groups excluding carboxylic acids is 1. The number of guanidine groups is 2. The summed E-state index contributed by atoms with van der Waals surface area (Å²) >= 11 is 0. The van der Waals surface area contributed by atoms with E-state index >= 15 is 0 Å². The van der Waals surface area contributed by atoms with Gasteiger partial charge in [-0.1, -0.05) is 6.07 Å². The van der Waals surface area contributed by atoms with Gasteiger partial charge in [-0.05, 0) is 23.8 Å². The van der Waals surface area contributed by atoms with Crippen LogP contribution >= 0.6 is 0 Å². The molecule has 0 atom stereocenters. The molecule has 1 rings (SSSR count). The van der Waals surface area contributed by atoms with Crippen molar-refractivity contribution in [2.75, 3.05) is 28.3 Å². The summed E-state index contributed by atoms with van der Waals surface area (Å²) in [5.41, 5.74) is 6.30. The molecule has 4 N–H and O–H groups in total. The third kappa shape index (κ3) is 5.70. The SMILES string of the molecule is COc1ccc(C=CC(=O)NC(N)=NC(=N)N(C)C)cc1OC. The minimum atomic E-state index is -0.451. The van der Waals surface area contributed by atoms with E-state index in [1.165, 1.54) is 18.1 Å². The Kier molecular flexibility index (Phi) is 6.60. The fourth-order valence-electron chi connectivity index (χ4n) is 1.54. The molecule has 0 radical (unpaired) electrons. The Morgan fingerprint density at radius 3 is 2.52 bits per heavy atom. The number of benzene rings is 1. The monoisotopic (exact) mass is 319 g/mol. The molecule has 1 amide bonds. The molecule has 0 spiro atoms. The van der Waals surface area contributed by atoms with Gasteiger partial charge in [0, 0.05) is 20.2 Å². The number of nitrogens with one attached hydrogen (secondary N) is 2. The number of methoxy groups -OCH3 is 2. The average Bonchev–Trinajstić information content (AvgIpc) is 2.52. The zero-order valence-corrected chi connectivity index (χ0v) is 13.6. The van der Waals surface area contributed by atoms with Gasteiger partial charge in [0.1, 0.15) is 0 Å². The molecule has 8 nitrogen and oxygen atoms in total. The van der Waals surface area contributed by atoms with Crippen LogP contribution in [0, 0.1) is 5.41 Å². The van der Waals surface area contributed by atoms with Crippen molar-refractivity contribution >= 4 is 23.9 Å². The lowest BCUT2D eigenvalue weighted by Crippen LogP contribution is -2.37. The van der Waals surface area contributed by atoms with Crippen molar-refractivity contribution < 1.29 is 14.3 Å². The van der Waals surface area contributed by atoms with Crippen LogP contribution in [0.2, 0.25) is 0 Å². The normalized spacial score (nSPS) is 11.2. The second kappa shape index (κ2) is 8.42.